The van der Waals surface area contributed by atoms with Gasteiger partial charge in [-0.3, -0.25) is 19.4 Å². The molecule has 3 aliphatic rings. The summed E-state index contributed by atoms with van der Waals surface area (Å²) < 4.78 is 10.9. The summed E-state index contributed by atoms with van der Waals surface area (Å²) in [6.45, 7) is 12.8. The van der Waals surface area contributed by atoms with Crippen LogP contribution in [-0.4, -0.2) is 111 Å². The van der Waals surface area contributed by atoms with Gasteiger partial charge in [-0.2, -0.15) is 0 Å². The minimum absolute atomic E-state index is 0.203. The molecule has 282 valence electrons. The van der Waals surface area contributed by atoms with Gasteiger partial charge in [-0.25, -0.2) is 24.4 Å². The first-order valence-electron chi connectivity index (χ1n) is 17.8. The number of hydrogen-bond acceptors (Lipinski definition) is 9. The van der Waals surface area contributed by atoms with Crippen LogP contribution < -0.4 is 9.80 Å². The van der Waals surface area contributed by atoms with Crippen LogP contribution in [0.1, 0.15) is 65.5 Å². The van der Waals surface area contributed by atoms with E-state index in [1.807, 2.05) is 0 Å². The Balaban J connectivity index is 1.22. The molecular formula is C37H50N6O9. The molecule has 0 unspecified atom stereocenters. The Morgan fingerprint density at radius 1 is 0.712 bits per heavy atom. The number of likely N-dealkylation sites (tertiary alicyclic amines) is 2. The van der Waals surface area contributed by atoms with E-state index in [0.29, 0.717) is 61.8 Å². The Bertz CT molecular complexity index is 1550. The third-order valence-electron chi connectivity index (χ3n) is 9.62. The summed E-state index contributed by atoms with van der Waals surface area (Å²) in [7, 11) is 0. The monoisotopic (exact) mass is 722 g/mol. The number of hydrogen-bond donors (Lipinski definition) is 2. The predicted octanol–water partition coefficient (Wildman–Crippen LogP) is 4.92. The van der Waals surface area contributed by atoms with Crippen molar-refractivity contribution < 1.29 is 43.7 Å². The van der Waals surface area contributed by atoms with Crippen LogP contribution in [-0.2, 0) is 31.9 Å². The van der Waals surface area contributed by atoms with E-state index in [2.05, 4.69) is 9.97 Å². The number of carbonyl (C=O) groups excluding carboxylic acids is 3. The van der Waals surface area contributed by atoms with Crippen LogP contribution >= 0.6 is 0 Å². The quantitative estimate of drug-likeness (QED) is 0.339. The Kier molecular flexibility index (Phi) is 11.3. The van der Waals surface area contributed by atoms with E-state index < -0.39 is 47.2 Å². The number of urea groups is 1. The van der Waals surface area contributed by atoms with E-state index in [1.165, 1.54) is 9.80 Å². The molecule has 3 fully saturated rings. The standard InChI is InChI=1S/C37H50N6O9/c1-36(2,3)51-34(49)40-13-9-25(21-40)27(31(44)45)17-23-7-11-38-29(19-23)42-15-16-43(33(42)48)30-20-24(8-12-39-30)18-28(32(46)47)26-10-14-41(22-26)35(50)52-37(4,5)6/h7-8,11-12,19-20,25-28H,9-10,13-18,21-22H2,1-6H3,(H,44,45)(H,46,47)/t25-,26-,27-,28-/m0/s1. The van der Waals surface area contributed by atoms with Crippen molar-refractivity contribution in [3.8, 4) is 0 Å². The average Bonchev–Trinajstić information content (AvgIpc) is 3.81. The lowest BCUT2D eigenvalue weighted by Gasteiger charge is -2.25. The number of carboxylic acids is 2. The molecule has 15 heteroatoms. The molecule has 2 aromatic heterocycles. The van der Waals surface area contributed by atoms with Crippen LogP contribution in [0.15, 0.2) is 36.7 Å². The molecule has 3 saturated heterocycles. The predicted molar refractivity (Wildman–Crippen MR) is 190 cm³/mol. The molecule has 15 nitrogen and oxygen atoms in total. The number of anilines is 2. The second kappa shape index (κ2) is 15.3. The second-order valence-electron chi connectivity index (χ2n) is 15.9. The fraction of sp³-hybridized carbons (Fsp3) is 0.595. The van der Waals surface area contributed by atoms with Crippen LogP contribution in [0.2, 0.25) is 0 Å². The number of amides is 4. The van der Waals surface area contributed by atoms with Crippen LogP contribution in [0.4, 0.5) is 26.0 Å². The highest BCUT2D eigenvalue weighted by Crippen LogP contribution is 2.32. The van der Waals surface area contributed by atoms with Crippen molar-refractivity contribution in [2.24, 2.45) is 23.7 Å². The average molecular weight is 723 g/mol. The molecule has 5 heterocycles. The van der Waals surface area contributed by atoms with Crippen LogP contribution in [0.3, 0.4) is 0 Å². The van der Waals surface area contributed by atoms with Crippen molar-refractivity contribution in [2.75, 3.05) is 49.1 Å². The van der Waals surface area contributed by atoms with Gasteiger partial charge in [0.15, 0.2) is 0 Å². The minimum Gasteiger partial charge on any atom is -0.481 e. The molecule has 0 saturated carbocycles. The topological polar surface area (TPSA) is 183 Å². The fourth-order valence-corrected chi connectivity index (χ4v) is 7.07. The lowest BCUT2D eigenvalue weighted by Crippen LogP contribution is -2.36. The molecule has 0 aromatic carbocycles. The van der Waals surface area contributed by atoms with Gasteiger partial charge in [-0.15, -0.1) is 0 Å². The molecule has 0 radical (unpaired) electrons. The number of nitrogens with zero attached hydrogens (tertiary/aromatic N) is 6. The molecule has 3 aliphatic heterocycles. The Morgan fingerprint density at radius 2 is 1.10 bits per heavy atom. The van der Waals surface area contributed by atoms with E-state index in [1.54, 1.807) is 88.0 Å². The zero-order chi connectivity index (χ0) is 38.0. The highest BCUT2D eigenvalue weighted by molar-refractivity contribution is 6.05. The van der Waals surface area contributed by atoms with E-state index in [-0.39, 0.29) is 43.8 Å². The number of aromatic nitrogens is 2. The number of aliphatic carboxylic acids is 2. The normalized spacial score (nSPS) is 20.6. The van der Waals surface area contributed by atoms with E-state index >= 15 is 0 Å². The molecule has 0 aliphatic carbocycles. The van der Waals surface area contributed by atoms with Crippen molar-refractivity contribution >= 4 is 41.8 Å². The van der Waals surface area contributed by atoms with E-state index in [9.17, 15) is 34.2 Å². The Hall–Kier alpha value is -4.95. The first kappa shape index (κ1) is 38.3. The first-order chi connectivity index (χ1) is 24.4. The number of rotatable bonds is 10. The molecule has 52 heavy (non-hydrogen) atoms. The minimum atomic E-state index is -0.956. The maximum atomic E-state index is 13.7. The van der Waals surface area contributed by atoms with Crippen molar-refractivity contribution in [2.45, 2.75) is 78.4 Å². The van der Waals surface area contributed by atoms with Crippen molar-refractivity contribution in [1.82, 2.24) is 19.8 Å². The lowest BCUT2D eigenvalue weighted by atomic mass is 9.86. The van der Waals surface area contributed by atoms with Crippen molar-refractivity contribution in [3.63, 3.8) is 0 Å². The Morgan fingerprint density at radius 3 is 1.44 bits per heavy atom. The molecule has 4 atom stereocenters. The number of carbonyl (C=O) groups is 5. The van der Waals surface area contributed by atoms with Gasteiger partial charge in [0, 0.05) is 51.7 Å². The largest absolute Gasteiger partial charge is 0.481 e. The van der Waals surface area contributed by atoms with Crippen LogP contribution in [0.25, 0.3) is 0 Å². The van der Waals surface area contributed by atoms with Crippen molar-refractivity contribution in [1.29, 1.82) is 0 Å². The smallest absolute Gasteiger partial charge is 0.410 e. The Labute approximate surface area is 303 Å². The van der Waals surface area contributed by atoms with E-state index in [0.717, 1.165) is 0 Å². The van der Waals surface area contributed by atoms with Gasteiger partial charge in [0.2, 0.25) is 0 Å². The van der Waals surface area contributed by atoms with Gasteiger partial charge in [-0.05, 0) is 114 Å². The maximum Gasteiger partial charge on any atom is 0.410 e. The van der Waals surface area contributed by atoms with Crippen molar-refractivity contribution in [3.05, 3.63) is 47.8 Å². The van der Waals surface area contributed by atoms with Crippen LogP contribution in [0, 0.1) is 23.7 Å². The van der Waals surface area contributed by atoms with Gasteiger partial charge < -0.3 is 29.5 Å². The van der Waals surface area contributed by atoms with E-state index in [4.69, 9.17) is 9.47 Å². The lowest BCUT2D eigenvalue weighted by molar-refractivity contribution is -0.144. The molecule has 2 N–H and O–H groups in total. The third kappa shape index (κ3) is 9.48. The molecular weight excluding hydrogens is 672 g/mol. The first-order valence-corrected chi connectivity index (χ1v) is 17.8. The summed E-state index contributed by atoms with van der Waals surface area (Å²) in [6.07, 6.45) is 3.69. The molecule has 4 amide bonds. The summed E-state index contributed by atoms with van der Waals surface area (Å²) in [4.78, 5) is 78.6. The summed E-state index contributed by atoms with van der Waals surface area (Å²) >= 11 is 0. The third-order valence-corrected chi connectivity index (χ3v) is 9.62. The highest BCUT2D eigenvalue weighted by Gasteiger charge is 2.39. The van der Waals surface area contributed by atoms with Gasteiger partial charge >= 0.3 is 30.2 Å². The number of ether oxygens (including phenoxy) is 2. The molecule has 5 rings (SSSR count). The number of carboxylic acid groups (broad SMARTS) is 2. The zero-order valence-electron chi connectivity index (χ0n) is 30.8. The summed E-state index contributed by atoms with van der Waals surface area (Å²) in [6, 6.07) is 6.56. The van der Waals surface area contributed by atoms with Crippen LogP contribution in [0.5, 0.6) is 0 Å². The highest BCUT2D eigenvalue weighted by atomic mass is 16.6. The van der Waals surface area contributed by atoms with Gasteiger partial charge in [0.05, 0.1) is 11.8 Å². The SMILES string of the molecule is CC(C)(C)OC(=O)N1CC[C@H]([C@H](Cc2ccnc(N3CCN(c4cc(C[C@H](C(=O)O)[C@H]5CCN(C(=O)OC(C)(C)C)C5)ccn4)C3=O)c2)C(=O)O)C1. The molecule has 0 bridgehead atoms. The zero-order valence-corrected chi connectivity index (χ0v) is 30.8. The molecule has 2 aromatic rings. The summed E-state index contributed by atoms with van der Waals surface area (Å²) in [5, 5.41) is 20.3. The summed E-state index contributed by atoms with van der Waals surface area (Å²) in [5.74, 6) is -3.17. The van der Waals surface area contributed by atoms with Gasteiger partial charge in [0.1, 0.15) is 22.8 Å². The second-order valence-corrected chi connectivity index (χ2v) is 15.9. The fourth-order valence-electron chi connectivity index (χ4n) is 7.07. The number of pyridine rings is 2. The maximum absolute atomic E-state index is 13.7. The summed E-state index contributed by atoms with van der Waals surface area (Å²) in [5.41, 5.74) is 0.111. The van der Waals surface area contributed by atoms with Gasteiger partial charge in [0.25, 0.3) is 0 Å². The van der Waals surface area contributed by atoms with Gasteiger partial charge in [-0.1, -0.05) is 0 Å². The molecule has 0 spiro atoms.